The first-order valence-corrected chi connectivity index (χ1v) is 11.0. The first kappa shape index (κ1) is 23.7. The normalized spacial score (nSPS) is 11.0. The number of nitrogens with one attached hydrogen (secondary N) is 1. The van der Waals surface area contributed by atoms with Gasteiger partial charge in [0.05, 0.1) is 28.3 Å². The number of para-hydroxylation sites is 1. The molecule has 0 radical (unpaired) electrons. The van der Waals surface area contributed by atoms with E-state index >= 15 is 0 Å². The van der Waals surface area contributed by atoms with Gasteiger partial charge in [-0.1, -0.05) is 29.8 Å². The van der Waals surface area contributed by atoms with Crippen molar-refractivity contribution in [3.05, 3.63) is 88.2 Å². The molecule has 0 atom stereocenters. The Morgan fingerprint density at radius 1 is 1.12 bits per heavy atom. The maximum absolute atomic E-state index is 14.6. The number of carbonyl (C=O) groups excluding carboxylic acids is 1. The Labute approximate surface area is 189 Å². The zero-order chi connectivity index (χ0) is 24.2. The minimum absolute atomic E-state index is 0.0297. The first-order valence-electron chi connectivity index (χ1n) is 9.59. The molecule has 0 aliphatic heterocycles. The van der Waals surface area contributed by atoms with E-state index in [-0.39, 0.29) is 27.7 Å². The van der Waals surface area contributed by atoms with Crippen LogP contribution in [-0.4, -0.2) is 32.9 Å². The molecule has 0 aromatic heterocycles. The van der Waals surface area contributed by atoms with Gasteiger partial charge in [-0.3, -0.25) is 19.2 Å². The van der Waals surface area contributed by atoms with Gasteiger partial charge in [-0.15, -0.1) is 0 Å². The Kier molecular flexibility index (Phi) is 6.92. The third-order valence-electron chi connectivity index (χ3n) is 4.69. The molecule has 3 aromatic carbocycles. The van der Waals surface area contributed by atoms with E-state index in [0.29, 0.717) is 4.31 Å². The predicted octanol–water partition coefficient (Wildman–Crippen LogP) is 3.88. The third kappa shape index (κ3) is 5.26. The molecule has 33 heavy (non-hydrogen) atoms. The number of halogens is 1. The summed E-state index contributed by atoms with van der Waals surface area (Å²) in [6, 6.07) is 14.6. The number of benzene rings is 3. The molecule has 9 nitrogen and oxygen atoms in total. The molecule has 0 saturated heterocycles. The molecule has 1 N–H and O–H groups in total. The number of amides is 1. The van der Waals surface area contributed by atoms with Crippen LogP contribution in [0.3, 0.4) is 0 Å². The van der Waals surface area contributed by atoms with Crippen LogP contribution in [0.25, 0.3) is 0 Å². The van der Waals surface area contributed by atoms with Gasteiger partial charge >= 0.3 is 0 Å². The van der Waals surface area contributed by atoms with Gasteiger partial charge in [0.2, 0.25) is 5.91 Å². The number of methoxy groups -OCH3 is 1. The van der Waals surface area contributed by atoms with Gasteiger partial charge in [0.1, 0.15) is 18.1 Å². The van der Waals surface area contributed by atoms with E-state index in [2.05, 4.69) is 5.32 Å². The lowest BCUT2D eigenvalue weighted by atomic mass is 10.2. The van der Waals surface area contributed by atoms with Crippen molar-refractivity contribution in [3.8, 4) is 5.75 Å². The number of ether oxygens (including phenoxy) is 1. The van der Waals surface area contributed by atoms with Crippen molar-refractivity contribution in [2.24, 2.45) is 0 Å². The number of nitrogens with zero attached hydrogens (tertiary/aromatic N) is 2. The summed E-state index contributed by atoms with van der Waals surface area (Å²) in [6.07, 6.45) is 0. The SMILES string of the molecule is COc1ccc([N+](=O)[O-])cc1NC(=O)CN(c1ccccc1F)S(=O)(=O)c1ccc(C)cc1. The van der Waals surface area contributed by atoms with Crippen LogP contribution in [0.1, 0.15) is 5.56 Å². The van der Waals surface area contributed by atoms with Gasteiger partial charge in [0.15, 0.2) is 0 Å². The van der Waals surface area contributed by atoms with Crippen LogP contribution in [0, 0.1) is 22.9 Å². The van der Waals surface area contributed by atoms with Crippen LogP contribution >= 0.6 is 0 Å². The fourth-order valence-corrected chi connectivity index (χ4v) is 4.45. The molecule has 0 unspecified atom stereocenters. The molecule has 11 heteroatoms. The van der Waals surface area contributed by atoms with Gasteiger partial charge in [-0.2, -0.15) is 0 Å². The molecular formula is C22H20FN3O6S. The summed E-state index contributed by atoms with van der Waals surface area (Å²) in [5.41, 5.74) is 0.170. The standard InChI is InChI=1S/C22H20FN3O6S/c1-15-7-10-17(11-8-15)33(30,31)25(20-6-4-3-5-18(20)23)14-22(27)24-19-13-16(26(28)29)9-12-21(19)32-2/h3-13H,14H2,1-2H3,(H,24,27). The van der Waals surface area contributed by atoms with E-state index < -0.39 is 33.2 Å². The second-order valence-corrected chi connectivity index (χ2v) is 8.83. The number of nitro benzene ring substituents is 1. The Bertz CT molecular complexity index is 1300. The molecule has 0 heterocycles. The number of hydrogen-bond acceptors (Lipinski definition) is 6. The predicted molar refractivity (Wildman–Crippen MR) is 120 cm³/mol. The fourth-order valence-electron chi connectivity index (χ4n) is 3.02. The van der Waals surface area contributed by atoms with Crippen molar-refractivity contribution in [2.75, 3.05) is 23.3 Å². The van der Waals surface area contributed by atoms with Crippen molar-refractivity contribution in [2.45, 2.75) is 11.8 Å². The van der Waals surface area contributed by atoms with Crippen molar-refractivity contribution < 1.29 is 27.3 Å². The Morgan fingerprint density at radius 2 is 1.79 bits per heavy atom. The van der Waals surface area contributed by atoms with Gasteiger partial charge in [0.25, 0.3) is 15.7 Å². The summed E-state index contributed by atoms with van der Waals surface area (Å²) in [7, 11) is -3.02. The maximum atomic E-state index is 14.6. The van der Waals surface area contributed by atoms with Crippen molar-refractivity contribution >= 4 is 33.0 Å². The highest BCUT2D eigenvalue weighted by Crippen LogP contribution is 2.30. The van der Waals surface area contributed by atoms with Crippen LogP contribution in [0.2, 0.25) is 0 Å². The molecule has 0 fully saturated rings. The van der Waals surface area contributed by atoms with E-state index in [1.807, 2.05) is 0 Å². The van der Waals surface area contributed by atoms with E-state index in [0.717, 1.165) is 17.7 Å². The Hall–Kier alpha value is -3.99. The minimum atomic E-state index is -4.32. The number of nitro groups is 1. The zero-order valence-electron chi connectivity index (χ0n) is 17.7. The third-order valence-corrected chi connectivity index (χ3v) is 6.46. The fraction of sp³-hybridized carbons (Fsp3) is 0.136. The van der Waals surface area contributed by atoms with Crippen LogP contribution in [0.5, 0.6) is 5.75 Å². The number of carbonyl (C=O) groups is 1. The first-order chi connectivity index (χ1) is 15.6. The maximum Gasteiger partial charge on any atom is 0.271 e. The van der Waals surface area contributed by atoms with Crippen LogP contribution in [-0.2, 0) is 14.8 Å². The van der Waals surface area contributed by atoms with E-state index in [9.17, 15) is 27.7 Å². The van der Waals surface area contributed by atoms with E-state index in [1.54, 1.807) is 19.1 Å². The number of anilines is 2. The molecule has 1 amide bonds. The molecule has 0 bridgehead atoms. The van der Waals surface area contributed by atoms with Crippen molar-refractivity contribution in [3.63, 3.8) is 0 Å². The highest BCUT2D eigenvalue weighted by Gasteiger charge is 2.29. The van der Waals surface area contributed by atoms with Crippen molar-refractivity contribution in [1.82, 2.24) is 0 Å². The van der Waals surface area contributed by atoms with Gasteiger partial charge in [-0.25, -0.2) is 12.8 Å². The number of hydrogen-bond donors (Lipinski definition) is 1. The smallest absolute Gasteiger partial charge is 0.271 e. The Balaban J connectivity index is 1.99. The summed E-state index contributed by atoms with van der Waals surface area (Å²) in [6.45, 7) is 0.994. The largest absolute Gasteiger partial charge is 0.495 e. The molecule has 0 aliphatic rings. The summed E-state index contributed by atoms with van der Waals surface area (Å²) < 4.78 is 46.9. The Morgan fingerprint density at radius 3 is 2.39 bits per heavy atom. The molecule has 3 aromatic rings. The lowest BCUT2D eigenvalue weighted by Gasteiger charge is -2.24. The quantitative estimate of drug-likeness (QED) is 0.392. The van der Waals surface area contributed by atoms with Crippen LogP contribution in [0.4, 0.5) is 21.5 Å². The summed E-state index contributed by atoms with van der Waals surface area (Å²) in [5.74, 6) is -1.56. The average Bonchev–Trinajstić information content (AvgIpc) is 2.78. The lowest BCUT2D eigenvalue weighted by molar-refractivity contribution is -0.384. The van der Waals surface area contributed by atoms with Crippen molar-refractivity contribution in [1.29, 1.82) is 0 Å². The molecule has 172 valence electrons. The van der Waals surface area contributed by atoms with Crippen LogP contribution < -0.4 is 14.4 Å². The van der Waals surface area contributed by atoms with Gasteiger partial charge in [-0.05, 0) is 37.3 Å². The molecule has 3 rings (SSSR count). The van der Waals surface area contributed by atoms with Gasteiger partial charge < -0.3 is 10.1 Å². The number of sulfonamides is 1. The molecule has 0 saturated carbocycles. The molecular weight excluding hydrogens is 453 g/mol. The highest BCUT2D eigenvalue weighted by molar-refractivity contribution is 7.92. The lowest BCUT2D eigenvalue weighted by Crippen LogP contribution is -2.38. The van der Waals surface area contributed by atoms with Gasteiger partial charge in [0, 0.05) is 12.1 Å². The number of non-ortho nitro benzene ring substituents is 1. The topological polar surface area (TPSA) is 119 Å². The summed E-state index contributed by atoms with van der Waals surface area (Å²) in [5, 5.41) is 13.5. The monoisotopic (exact) mass is 473 g/mol. The molecule has 0 spiro atoms. The highest BCUT2D eigenvalue weighted by atomic mass is 32.2. The second kappa shape index (κ2) is 9.65. The minimum Gasteiger partial charge on any atom is -0.495 e. The molecule has 0 aliphatic carbocycles. The average molecular weight is 473 g/mol. The summed E-state index contributed by atoms with van der Waals surface area (Å²) >= 11 is 0. The van der Waals surface area contributed by atoms with E-state index in [1.165, 1.54) is 49.6 Å². The second-order valence-electron chi connectivity index (χ2n) is 6.97. The van der Waals surface area contributed by atoms with Crippen LogP contribution in [0.15, 0.2) is 71.6 Å². The number of aryl methyl sites for hydroxylation is 1. The van der Waals surface area contributed by atoms with E-state index in [4.69, 9.17) is 4.74 Å². The zero-order valence-corrected chi connectivity index (χ0v) is 18.5. The number of rotatable bonds is 8. The summed E-state index contributed by atoms with van der Waals surface area (Å²) in [4.78, 5) is 23.1.